The highest BCUT2D eigenvalue weighted by molar-refractivity contribution is 6.25. The molecule has 7 aromatic carbocycles. The van der Waals surface area contributed by atoms with Crippen LogP contribution < -0.4 is 0 Å². The van der Waals surface area contributed by atoms with Crippen LogP contribution in [-0.2, 0) is 0 Å². The molecule has 0 unspecified atom stereocenters. The first-order chi connectivity index (χ1) is 20.2. The summed E-state index contributed by atoms with van der Waals surface area (Å²) in [5, 5.41) is 5.79. The Morgan fingerprint density at radius 2 is 0.974 bits per heavy atom. The molecule has 1 heteroatoms. The quantitative estimate of drug-likeness (QED) is 0.221. The summed E-state index contributed by atoms with van der Waals surface area (Å²) < 4.78 is 24.8. The fourth-order valence-corrected chi connectivity index (χ4v) is 6.06. The maximum Gasteiger partial charge on any atom is 0.143 e. The molecule has 1 nitrogen and oxygen atoms in total. The van der Waals surface area contributed by atoms with E-state index in [1.54, 1.807) is 0 Å². The first-order valence-corrected chi connectivity index (χ1v) is 13.2. The monoisotopic (exact) mass is 498 g/mol. The molecule has 8 rings (SSSR count). The SMILES string of the molecule is [2H]c1cccc2c(-c3cccc4c3oc3cccc(-c5ccccc5)c34)c3cccc([2H])c3c(-c3ccccc3)c12. The molecule has 0 fully saturated rings. The highest BCUT2D eigenvalue weighted by Crippen LogP contribution is 2.47. The van der Waals surface area contributed by atoms with E-state index in [9.17, 15) is 0 Å². The summed E-state index contributed by atoms with van der Waals surface area (Å²) in [4.78, 5) is 0. The second kappa shape index (κ2) is 8.72. The van der Waals surface area contributed by atoms with Crippen molar-refractivity contribution < 1.29 is 7.16 Å². The van der Waals surface area contributed by atoms with Crippen LogP contribution in [0.4, 0.5) is 0 Å². The highest BCUT2D eigenvalue weighted by atomic mass is 16.3. The van der Waals surface area contributed by atoms with Gasteiger partial charge in [0, 0.05) is 21.9 Å². The zero-order valence-corrected chi connectivity index (χ0v) is 21.1. The summed E-state index contributed by atoms with van der Waals surface area (Å²) in [5.74, 6) is 0. The number of hydrogen-bond donors (Lipinski definition) is 0. The summed E-state index contributed by atoms with van der Waals surface area (Å²) in [6.07, 6.45) is 0. The van der Waals surface area contributed by atoms with Gasteiger partial charge in [0.2, 0.25) is 0 Å². The number of para-hydroxylation sites is 1. The molecule has 0 atom stereocenters. The Morgan fingerprint density at radius 3 is 1.67 bits per heavy atom. The Balaban J connectivity index is 1.55. The van der Waals surface area contributed by atoms with Gasteiger partial charge in [0.05, 0.1) is 2.74 Å². The third kappa shape index (κ3) is 3.34. The lowest BCUT2D eigenvalue weighted by molar-refractivity contribution is 0.670. The van der Waals surface area contributed by atoms with Crippen molar-refractivity contribution in [2.45, 2.75) is 0 Å². The lowest BCUT2D eigenvalue weighted by atomic mass is 9.85. The largest absolute Gasteiger partial charge is 0.455 e. The molecule has 39 heavy (non-hydrogen) atoms. The fraction of sp³-hybridized carbons (Fsp3) is 0. The van der Waals surface area contributed by atoms with Gasteiger partial charge in [-0.05, 0) is 49.9 Å². The molecule has 182 valence electrons. The van der Waals surface area contributed by atoms with Crippen molar-refractivity contribution in [2.75, 3.05) is 0 Å². The molecule has 0 aliphatic rings. The van der Waals surface area contributed by atoms with E-state index in [2.05, 4.69) is 72.8 Å². The summed E-state index contributed by atoms with van der Waals surface area (Å²) in [5.41, 5.74) is 7.81. The molecule has 0 spiro atoms. The van der Waals surface area contributed by atoms with Crippen LogP contribution in [0.25, 0.3) is 76.9 Å². The normalized spacial score (nSPS) is 12.3. The van der Waals surface area contributed by atoms with E-state index < -0.39 is 0 Å². The van der Waals surface area contributed by atoms with Crippen molar-refractivity contribution >= 4 is 43.5 Å². The molecule has 0 N–H and O–H groups in total. The Bertz CT molecular complexity index is 2200. The number of benzene rings is 7. The van der Waals surface area contributed by atoms with E-state index in [0.29, 0.717) is 12.1 Å². The van der Waals surface area contributed by atoms with E-state index in [-0.39, 0.29) is 0 Å². The zero-order chi connectivity index (χ0) is 27.5. The molecule has 1 heterocycles. The van der Waals surface area contributed by atoms with Gasteiger partial charge in [0.1, 0.15) is 11.2 Å². The Labute approximate surface area is 229 Å². The number of furan rings is 1. The van der Waals surface area contributed by atoms with E-state index in [4.69, 9.17) is 7.16 Å². The molecular formula is C38H24O. The van der Waals surface area contributed by atoms with Crippen LogP contribution in [0.3, 0.4) is 0 Å². The summed E-state index contributed by atoms with van der Waals surface area (Å²) in [6, 6.07) is 45.8. The molecular weight excluding hydrogens is 472 g/mol. The van der Waals surface area contributed by atoms with Crippen LogP contribution in [0.5, 0.6) is 0 Å². The number of hydrogen-bond acceptors (Lipinski definition) is 1. The van der Waals surface area contributed by atoms with Gasteiger partial charge >= 0.3 is 0 Å². The van der Waals surface area contributed by atoms with Crippen LogP contribution in [-0.4, -0.2) is 0 Å². The predicted octanol–water partition coefficient (Wildman–Crippen LogP) is 10.9. The molecule has 0 bridgehead atoms. The average molecular weight is 499 g/mol. The van der Waals surface area contributed by atoms with E-state index >= 15 is 0 Å². The molecule has 0 saturated carbocycles. The highest BCUT2D eigenvalue weighted by Gasteiger charge is 2.21. The van der Waals surface area contributed by atoms with Gasteiger partial charge in [0.25, 0.3) is 0 Å². The topological polar surface area (TPSA) is 13.1 Å². The lowest BCUT2D eigenvalue weighted by Crippen LogP contribution is -1.91. The van der Waals surface area contributed by atoms with Crippen molar-refractivity contribution in [1.82, 2.24) is 0 Å². The van der Waals surface area contributed by atoms with Crippen molar-refractivity contribution in [2.24, 2.45) is 0 Å². The van der Waals surface area contributed by atoms with Crippen LogP contribution in [0.2, 0.25) is 0 Å². The van der Waals surface area contributed by atoms with Gasteiger partial charge in [-0.2, -0.15) is 0 Å². The first kappa shape index (κ1) is 19.9. The van der Waals surface area contributed by atoms with Crippen LogP contribution in [0, 0.1) is 0 Å². The van der Waals surface area contributed by atoms with Crippen LogP contribution in [0.15, 0.2) is 150 Å². The smallest absolute Gasteiger partial charge is 0.143 e. The molecule has 0 aliphatic heterocycles. The lowest BCUT2D eigenvalue weighted by Gasteiger charge is -2.17. The van der Waals surface area contributed by atoms with Crippen LogP contribution >= 0.6 is 0 Å². The van der Waals surface area contributed by atoms with Crippen LogP contribution in [0.1, 0.15) is 2.74 Å². The standard InChI is InChI=1S/C38H24O/c1-3-13-25(14-4-1)27-21-12-24-34-37(27)33-23-11-22-32(38(33)39-34)36-30-19-9-7-17-28(30)35(26-15-5-2-6-16-26)29-18-8-10-20-31(29)36/h1-24H/i17D,18D. The van der Waals surface area contributed by atoms with Gasteiger partial charge in [-0.25, -0.2) is 0 Å². The number of fused-ring (bicyclic) bond motifs is 5. The Kier molecular flexibility index (Phi) is 4.45. The second-order valence-electron chi connectivity index (χ2n) is 9.86. The molecule has 1 aromatic heterocycles. The van der Waals surface area contributed by atoms with Gasteiger partial charge in [-0.1, -0.05) is 139 Å². The van der Waals surface area contributed by atoms with E-state index in [0.717, 1.165) is 76.9 Å². The molecule has 0 aliphatic carbocycles. The minimum Gasteiger partial charge on any atom is -0.455 e. The van der Waals surface area contributed by atoms with E-state index in [1.165, 1.54) is 0 Å². The van der Waals surface area contributed by atoms with Gasteiger partial charge in [0.15, 0.2) is 0 Å². The van der Waals surface area contributed by atoms with Gasteiger partial charge in [-0.3, -0.25) is 0 Å². The number of rotatable bonds is 3. The van der Waals surface area contributed by atoms with Gasteiger partial charge in [-0.15, -0.1) is 0 Å². The maximum atomic E-state index is 9.05. The molecule has 0 saturated heterocycles. The first-order valence-electron chi connectivity index (χ1n) is 14.2. The molecule has 8 aromatic rings. The Morgan fingerprint density at radius 1 is 0.410 bits per heavy atom. The minimum absolute atomic E-state index is 0.441. The Hall–Kier alpha value is -5.14. The summed E-state index contributed by atoms with van der Waals surface area (Å²) in [7, 11) is 0. The zero-order valence-electron chi connectivity index (χ0n) is 23.1. The minimum atomic E-state index is 0.441. The third-order valence-electron chi connectivity index (χ3n) is 7.69. The van der Waals surface area contributed by atoms with Crippen molar-refractivity contribution in [3.05, 3.63) is 146 Å². The molecule has 0 amide bonds. The summed E-state index contributed by atoms with van der Waals surface area (Å²) in [6.45, 7) is 0. The second-order valence-corrected chi connectivity index (χ2v) is 9.86. The third-order valence-corrected chi connectivity index (χ3v) is 7.69. The average Bonchev–Trinajstić information content (AvgIpc) is 3.41. The molecule has 0 radical (unpaired) electrons. The maximum absolute atomic E-state index is 9.05. The fourth-order valence-electron chi connectivity index (χ4n) is 6.06. The predicted molar refractivity (Wildman–Crippen MR) is 165 cm³/mol. The van der Waals surface area contributed by atoms with E-state index in [1.807, 2.05) is 60.7 Å². The van der Waals surface area contributed by atoms with Crippen molar-refractivity contribution in [1.29, 1.82) is 0 Å². The summed E-state index contributed by atoms with van der Waals surface area (Å²) >= 11 is 0. The van der Waals surface area contributed by atoms with Crippen molar-refractivity contribution in [3.63, 3.8) is 0 Å². The van der Waals surface area contributed by atoms with Gasteiger partial charge < -0.3 is 4.42 Å². The van der Waals surface area contributed by atoms with Crippen molar-refractivity contribution in [3.8, 4) is 33.4 Å².